The molecule has 0 radical (unpaired) electrons. The maximum Gasteiger partial charge on any atom is 0.0428 e. The molecule has 0 amide bonds. The Kier molecular flexibility index (Phi) is 6.80. The van der Waals surface area contributed by atoms with Crippen molar-refractivity contribution in [2.24, 2.45) is 0 Å². The first kappa shape index (κ1) is 9.39. The SMILES string of the molecule is C[SiH](CC[SiH3])CCCO. The van der Waals surface area contributed by atoms with Crippen LogP contribution in [0.3, 0.4) is 0 Å². The van der Waals surface area contributed by atoms with E-state index in [4.69, 9.17) is 5.11 Å². The highest BCUT2D eigenvalue weighted by atomic mass is 28.3. The minimum Gasteiger partial charge on any atom is -0.396 e. The summed E-state index contributed by atoms with van der Waals surface area (Å²) in [5, 5.41) is 8.51. The lowest BCUT2D eigenvalue weighted by molar-refractivity contribution is 0.294. The zero-order chi connectivity index (χ0) is 7.11. The van der Waals surface area contributed by atoms with Gasteiger partial charge >= 0.3 is 0 Å². The van der Waals surface area contributed by atoms with Gasteiger partial charge in [-0.3, -0.25) is 0 Å². The van der Waals surface area contributed by atoms with Crippen molar-refractivity contribution >= 4 is 19.0 Å². The van der Waals surface area contributed by atoms with Gasteiger partial charge < -0.3 is 5.11 Å². The Hall–Kier alpha value is 0.394. The molecular weight excluding hydrogens is 144 g/mol. The van der Waals surface area contributed by atoms with Crippen LogP contribution in [0.1, 0.15) is 6.42 Å². The van der Waals surface area contributed by atoms with Crippen LogP contribution in [0, 0.1) is 0 Å². The summed E-state index contributed by atoms with van der Waals surface area (Å²) in [4.78, 5) is 0. The highest BCUT2D eigenvalue weighted by Gasteiger charge is 1.99. The highest BCUT2D eigenvalue weighted by Crippen LogP contribution is 2.03. The fourth-order valence-corrected chi connectivity index (χ4v) is 6.19. The normalized spacial score (nSPS) is 14.0. The van der Waals surface area contributed by atoms with Gasteiger partial charge in [0.1, 0.15) is 0 Å². The molecule has 0 rings (SSSR count). The summed E-state index contributed by atoms with van der Waals surface area (Å²) in [6, 6.07) is 4.32. The number of hydrogen-bond acceptors (Lipinski definition) is 1. The Bertz CT molecular complexity index is 59.0. The molecule has 0 heterocycles. The molecule has 0 aliphatic carbocycles. The van der Waals surface area contributed by atoms with Crippen molar-refractivity contribution in [1.82, 2.24) is 0 Å². The Balaban J connectivity index is 2.95. The van der Waals surface area contributed by atoms with E-state index >= 15 is 0 Å². The zero-order valence-corrected chi connectivity index (χ0v) is 9.71. The molecule has 3 heteroatoms. The van der Waals surface area contributed by atoms with Crippen molar-refractivity contribution in [2.75, 3.05) is 6.61 Å². The van der Waals surface area contributed by atoms with Crippen LogP contribution in [0.4, 0.5) is 0 Å². The predicted molar refractivity (Wildman–Crippen MR) is 49.1 cm³/mol. The molecule has 56 valence electrons. The van der Waals surface area contributed by atoms with Crippen molar-refractivity contribution in [3.8, 4) is 0 Å². The lowest BCUT2D eigenvalue weighted by Gasteiger charge is -2.04. The fraction of sp³-hybridized carbons (Fsp3) is 1.00. The van der Waals surface area contributed by atoms with Crippen molar-refractivity contribution in [1.29, 1.82) is 0 Å². The van der Waals surface area contributed by atoms with Crippen LogP contribution < -0.4 is 0 Å². The zero-order valence-electron chi connectivity index (χ0n) is 6.56. The third kappa shape index (κ3) is 6.28. The number of hydrogen-bond donors (Lipinski definition) is 1. The maximum absolute atomic E-state index is 8.51. The van der Waals surface area contributed by atoms with Crippen LogP contribution in [0.15, 0.2) is 0 Å². The fourth-order valence-electron chi connectivity index (χ4n) is 1.08. The molecule has 0 spiro atoms. The minimum atomic E-state index is -0.345. The first-order chi connectivity index (χ1) is 4.31. The van der Waals surface area contributed by atoms with Gasteiger partial charge in [-0.2, -0.15) is 0 Å². The molecule has 0 saturated heterocycles. The van der Waals surface area contributed by atoms with E-state index in [0.717, 1.165) is 6.42 Å². The van der Waals surface area contributed by atoms with Crippen LogP contribution in [0.25, 0.3) is 0 Å². The Morgan fingerprint density at radius 2 is 2.11 bits per heavy atom. The molecule has 1 N–H and O–H groups in total. The van der Waals surface area contributed by atoms with Crippen LogP contribution in [0.5, 0.6) is 0 Å². The van der Waals surface area contributed by atoms with E-state index in [2.05, 4.69) is 6.55 Å². The summed E-state index contributed by atoms with van der Waals surface area (Å²) < 4.78 is 0. The van der Waals surface area contributed by atoms with Gasteiger partial charge in [-0.25, -0.2) is 0 Å². The van der Waals surface area contributed by atoms with Crippen LogP contribution in [0.2, 0.25) is 24.7 Å². The third-order valence-electron chi connectivity index (χ3n) is 1.64. The molecular formula is C6H18OSi2. The molecule has 0 aromatic rings. The molecule has 0 fully saturated rings. The minimum absolute atomic E-state index is 0.345. The maximum atomic E-state index is 8.51. The summed E-state index contributed by atoms with van der Waals surface area (Å²) in [6.45, 7) is 2.81. The molecule has 0 aliphatic rings. The van der Waals surface area contributed by atoms with E-state index in [1.54, 1.807) is 0 Å². The van der Waals surface area contributed by atoms with Gasteiger partial charge in [0, 0.05) is 25.6 Å². The molecule has 0 aromatic carbocycles. The smallest absolute Gasteiger partial charge is 0.0428 e. The molecule has 0 aromatic heterocycles. The average molecular weight is 162 g/mol. The van der Waals surface area contributed by atoms with E-state index in [-0.39, 0.29) is 8.80 Å². The lowest BCUT2D eigenvalue weighted by atomic mass is 10.5. The van der Waals surface area contributed by atoms with E-state index < -0.39 is 0 Å². The Morgan fingerprint density at radius 1 is 1.44 bits per heavy atom. The predicted octanol–water partition coefficient (Wildman–Crippen LogP) is 0.00940. The van der Waals surface area contributed by atoms with Crippen molar-refractivity contribution in [3.05, 3.63) is 0 Å². The van der Waals surface area contributed by atoms with Gasteiger partial charge in [0.25, 0.3) is 0 Å². The summed E-state index contributed by atoms with van der Waals surface area (Å²) >= 11 is 0. The molecule has 0 aliphatic heterocycles. The molecule has 0 bridgehead atoms. The topological polar surface area (TPSA) is 20.2 Å². The van der Waals surface area contributed by atoms with Crippen molar-refractivity contribution < 1.29 is 5.11 Å². The summed E-state index contributed by atoms with van der Waals surface area (Å²) in [5.41, 5.74) is 0. The average Bonchev–Trinajstić information content (AvgIpc) is 1.85. The second-order valence-corrected chi connectivity index (χ2v) is 7.12. The molecule has 1 unspecified atom stereocenters. The van der Waals surface area contributed by atoms with Gasteiger partial charge in [0.05, 0.1) is 0 Å². The summed E-state index contributed by atoms with van der Waals surface area (Å²) in [5.74, 6) is 0. The van der Waals surface area contributed by atoms with Crippen LogP contribution in [-0.4, -0.2) is 30.8 Å². The lowest BCUT2D eigenvalue weighted by Crippen LogP contribution is -2.06. The first-order valence-corrected chi connectivity index (χ1v) is 8.12. The standard InChI is InChI=1S/C6H18OSi2/c1-9(6-4-8)5-2-3-7/h7,9H,2-6H2,1,8H3. The number of rotatable bonds is 5. The Labute approximate surface area is 62.5 Å². The van der Waals surface area contributed by atoms with Gasteiger partial charge in [0.2, 0.25) is 0 Å². The van der Waals surface area contributed by atoms with Gasteiger partial charge in [0.15, 0.2) is 0 Å². The van der Waals surface area contributed by atoms with Crippen molar-refractivity contribution in [3.63, 3.8) is 0 Å². The van der Waals surface area contributed by atoms with E-state index in [9.17, 15) is 0 Å². The summed E-state index contributed by atoms with van der Waals surface area (Å²) in [6.07, 6.45) is 1.05. The second-order valence-electron chi connectivity index (χ2n) is 2.76. The largest absolute Gasteiger partial charge is 0.396 e. The monoisotopic (exact) mass is 162 g/mol. The van der Waals surface area contributed by atoms with E-state index in [1.807, 2.05) is 0 Å². The van der Waals surface area contributed by atoms with Gasteiger partial charge in [-0.05, 0) is 6.42 Å². The number of aliphatic hydroxyl groups excluding tert-OH is 1. The van der Waals surface area contributed by atoms with Crippen molar-refractivity contribution in [2.45, 2.75) is 31.1 Å². The van der Waals surface area contributed by atoms with Gasteiger partial charge in [-0.1, -0.05) is 24.7 Å². The van der Waals surface area contributed by atoms with E-state index in [0.29, 0.717) is 6.61 Å². The van der Waals surface area contributed by atoms with E-state index in [1.165, 1.54) is 28.4 Å². The third-order valence-corrected chi connectivity index (χ3v) is 6.33. The highest BCUT2D eigenvalue weighted by molar-refractivity contribution is 6.57. The second kappa shape index (κ2) is 6.51. The quantitative estimate of drug-likeness (QED) is 0.565. The first-order valence-electron chi connectivity index (χ1n) is 3.92. The molecule has 9 heavy (non-hydrogen) atoms. The molecule has 1 nitrogen and oxygen atoms in total. The number of aliphatic hydroxyl groups is 1. The molecule has 0 saturated carbocycles. The van der Waals surface area contributed by atoms with Crippen LogP contribution in [-0.2, 0) is 0 Å². The van der Waals surface area contributed by atoms with Crippen LogP contribution >= 0.6 is 0 Å². The van der Waals surface area contributed by atoms with Gasteiger partial charge in [-0.15, -0.1) is 0 Å². The molecule has 1 atom stereocenters. The Morgan fingerprint density at radius 3 is 2.56 bits per heavy atom. The summed E-state index contributed by atoms with van der Waals surface area (Å²) in [7, 11) is 1.02.